The van der Waals surface area contributed by atoms with Gasteiger partial charge >= 0.3 is 5.97 Å². The molecule has 0 aliphatic carbocycles. The number of ether oxygens (including phenoxy) is 7. The number of carbonyl (C=O) groups is 2. The van der Waals surface area contributed by atoms with Crippen molar-refractivity contribution in [1.29, 1.82) is 0 Å². The highest BCUT2D eigenvalue weighted by Gasteiger charge is 2.54. The molecule has 15 nitrogen and oxygen atoms in total. The molecule has 5 N–H and O–H groups in total. The second-order valence-corrected chi connectivity index (χ2v) is 16.9. The summed E-state index contributed by atoms with van der Waals surface area (Å²) in [6, 6.07) is -0.310. The van der Waals surface area contributed by atoms with Gasteiger partial charge in [-0.3, -0.25) is 9.59 Å². The van der Waals surface area contributed by atoms with Gasteiger partial charge in [0.2, 0.25) is 0 Å². The zero-order valence-electron chi connectivity index (χ0n) is 34.2. The minimum Gasteiger partial charge on any atom is -0.456 e. The maximum Gasteiger partial charge on any atom is 0.311 e. The molecule has 0 aromatic heterocycles. The highest BCUT2D eigenvalue weighted by Crippen LogP contribution is 2.42. The number of nitrogens with zero attached hydrogens (tertiary/aromatic N) is 1. The van der Waals surface area contributed by atoms with E-state index in [-0.39, 0.29) is 25.0 Å². The third kappa shape index (κ3) is 9.80. The van der Waals surface area contributed by atoms with Gasteiger partial charge in [0.15, 0.2) is 18.7 Å². The van der Waals surface area contributed by atoms with Crippen molar-refractivity contribution in [3.63, 3.8) is 0 Å². The molecular formula is C38H69NO14. The number of Topliss-reactive ketones (excluding diaryl/α,β-unsaturated/α-hetero) is 1. The van der Waals surface area contributed by atoms with Gasteiger partial charge in [-0.15, -0.1) is 0 Å². The van der Waals surface area contributed by atoms with E-state index in [0.29, 0.717) is 6.42 Å². The predicted octanol–water partition coefficient (Wildman–Crippen LogP) is 1.41. The normalized spacial score (nSPS) is 48.9. The zero-order valence-corrected chi connectivity index (χ0v) is 34.2. The molecule has 3 fully saturated rings. The first kappa shape index (κ1) is 46.0. The largest absolute Gasteiger partial charge is 0.456 e. The molecule has 3 saturated heterocycles. The summed E-state index contributed by atoms with van der Waals surface area (Å²) in [4.78, 5) is 30.1. The fourth-order valence-corrected chi connectivity index (χ4v) is 8.64. The second-order valence-electron chi connectivity index (χ2n) is 16.9. The molecule has 0 amide bonds. The molecule has 0 aromatic rings. The van der Waals surface area contributed by atoms with Gasteiger partial charge < -0.3 is 63.6 Å². The Morgan fingerprint density at radius 2 is 1.43 bits per heavy atom. The Balaban J connectivity index is 2.24. The highest BCUT2D eigenvalue weighted by atomic mass is 16.7. The summed E-state index contributed by atoms with van der Waals surface area (Å²) < 4.78 is 43.6. The molecule has 3 rings (SSSR count). The number of likely N-dealkylation sites (N-methyl/N-ethyl adjacent to an activating group) is 1. The minimum atomic E-state index is -2.24. The smallest absolute Gasteiger partial charge is 0.311 e. The average molecular weight is 764 g/mol. The van der Waals surface area contributed by atoms with Gasteiger partial charge in [0.05, 0.1) is 53.7 Å². The molecule has 0 saturated carbocycles. The third-order valence-corrected chi connectivity index (χ3v) is 12.2. The summed E-state index contributed by atoms with van der Waals surface area (Å²) in [7, 11) is 6.68. The van der Waals surface area contributed by atoms with Crippen molar-refractivity contribution in [3.05, 3.63) is 0 Å². The molecule has 3 aliphatic rings. The molecule has 3 heterocycles. The van der Waals surface area contributed by atoms with Crippen molar-refractivity contribution in [2.75, 3.05) is 28.3 Å². The minimum absolute atomic E-state index is 0.0578. The molecule has 1 unspecified atom stereocenters. The number of rotatable bonds is 8. The first-order chi connectivity index (χ1) is 24.4. The van der Waals surface area contributed by atoms with Gasteiger partial charge in [-0.1, -0.05) is 20.8 Å². The molecule has 0 radical (unpaired) electrons. The lowest BCUT2D eigenvalue weighted by molar-refractivity contribution is -0.319. The van der Waals surface area contributed by atoms with Crippen molar-refractivity contribution in [2.24, 2.45) is 23.7 Å². The van der Waals surface area contributed by atoms with Crippen molar-refractivity contribution in [1.82, 2.24) is 4.90 Å². The van der Waals surface area contributed by atoms with Crippen LogP contribution in [0, 0.1) is 23.7 Å². The van der Waals surface area contributed by atoms with E-state index in [1.165, 1.54) is 35.0 Å². The van der Waals surface area contributed by atoms with Crippen LogP contribution < -0.4 is 0 Å². The van der Waals surface area contributed by atoms with E-state index in [2.05, 4.69) is 0 Å². The van der Waals surface area contributed by atoms with Crippen LogP contribution in [0.25, 0.3) is 0 Å². The lowest BCUT2D eigenvalue weighted by Gasteiger charge is -2.50. The van der Waals surface area contributed by atoms with Gasteiger partial charge in [-0.2, -0.15) is 0 Å². The van der Waals surface area contributed by atoms with E-state index in [0.717, 1.165) is 0 Å². The Kier molecular flexibility index (Phi) is 15.5. The molecule has 0 spiro atoms. The molecule has 0 bridgehead atoms. The first-order valence-electron chi connectivity index (χ1n) is 18.9. The van der Waals surface area contributed by atoms with Crippen LogP contribution in [0.3, 0.4) is 0 Å². The molecule has 310 valence electrons. The average Bonchev–Trinajstić information content (AvgIpc) is 3.09. The monoisotopic (exact) mass is 763 g/mol. The van der Waals surface area contributed by atoms with E-state index in [1.807, 2.05) is 25.9 Å². The maximum absolute atomic E-state index is 14.2. The Hall–Kier alpha value is -1.34. The van der Waals surface area contributed by atoms with E-state index in [9.17, 15) is 35.1 Å². The number of cyclic esters (lactones) is 1. The number of ketones is 1. The SMILES string of the molecule is CO[C@]1(C)C[C@@H](C)C(=O)[C@H](C)[C@H](O)[C@](C)(O)[C@@H](C(C)O)OC(=O)[C@H](C)[C@@H](O[C@H]2C[C@@](C)(OC)[C@@H](O)[C@H](C)O2)[C@@H](C)[C@H]1O[C@@H]1O[C@H](C)C[C@H](N(C)C)[C@H]1O. The molecule has 15 heteroatoms. The number of esters is 1. The van der Waals surface area contributed by atoms with Gasteiger partial charge in [-0.05, 0) is 75.4 Å². The zero-order chi connectivity index (χ0) is 40.5. The second kappa shape index (κ2) is 17.9. The van der Waals surface area contributed by atoms with E-state index < -0.39 is 114 Å². The van der Waals surface area contributed by atoms with Gasteiger partial charge in [0.25, 0.3) is 0 Å². The van der Waals surface area contributed by atoms with Crippen LogP contribution in [0.1, 0.15) is 88.5 Å². The van der Waals surface area contributed by atoms with E-state index in [1.54, 1.807) is 41.5 Å². The van der Waals surface area contributed by atoms with Crippen LogP contribution in [-0.4, -0.2) is 161 Å². The summed E-state index contributed by atoms with van der Waals surface area (Å²) in [6.45, 7) is 16.1. The Morgan fingerprint density at radius 3 is 1.96 bits per heavy atom. The maximum atomic E-state index is 14.2. The Labute approximate surface area is 315 Å². The number of hydrogen-bond donors (Lipinski definition) is 5. The molecule has 19 atom stereocenters. The van der Waals surface area contributed by atoms with Gasteiger partial charge in [0, 0.05) is 44.4 Å². The topological polar surface area (TPSA) is 203 Å². The fourth-order valence-electron chi connectivity index (χ4n) is 8.64. The number of hydrogen-bond acceptors (Lipinski definition) is 15. The summed E-state index contributed by atoms with van der Waals surface area (Å²) in [5.41, 5.74) is -4.61. The number of aliphatic hydroxyl groups is 5. The summed E-state index contributed by atoms with van der Waals surface area (Å²) >= 11 is 0. The first-order valence-corrected chi connectivity index (χ1v) is 18.9. The van der Waals surface area contributed by atoms with Crippen LogP contribution >= 0.6 is 0 Å². The molecular weight excluding hydrogens is 694 g/mol. The van der Waals surface area contributed by atoms with Crippen molar-refractivity contribution >= 4 is 11.8 Å². The number of carbonyl (C=O) groups excluding carboxylic acids is 2. The van der Waals surface area contributed by atoms with Crippen LogP contribution in [0.5, 0.6) is 0 Å². The summed E-state index contributed by atoms with van der Waals surface area (Å²) in [5.74, 6) is -5.10. The lowest BCUT2D eigenvalue weighted by Crippen LogP contribution is -2.62. The molecule has 3 aliphatic heterocycles. The van der Waals surface area contributed by atoms with Gasteiger partial charge in [-0.25, -0.2) is 0 Å². The predicted molar refractivity (Wildman–Crippen MR) is 192 cm³/mol. The third-order valence-electron chi connectivity index (χ3n) is 12.2. The van der Waals surface area contributed by atoms with Crippen molar-refractivity contribution in [2.45, 2.75) is 179 Å². The van der Waals surface area contributed by atoms with E-state index in [4.69, 9.17) is 33.2 Å². The van der Waals surface area contributed by atoms with Crippen molar-refractivity contribution in [3.8, 4) is 0 Å². The van der Waals surface area contributed by atoms with Gasteiger partial charge in [0.1, 0.15) is 23.6 Å². The van der Waals surface area contributed by atoms with E-state index >= 15 is 0 Å². The summed E-state index contributed by atoms with van der Waals surface area (Å²) in [5, 5.41) is 56.4. The van der Waals surface area contributed by atoms with Crippen LogP contribution in [-0.2, 0) is 42.7 Å². The summed E-state index contributed by atoms with van der Waals surface area (Å²) in [6.07, 6.45) is -11.5. The number of aliphatic hydroxyl groups excluding tert-OH is 4. The van der Waals surface area contributed by atoms with Crippen LogP contribution in [0.2, 0.25) is 0 Å². The van der Waals surface area contributed by atoms with Crippen molar-refractivity contribution < 1.29 is 68.3 Å². The Morgan fingerprint density at radius 1 is 0.849 bits per heavy atom. The number of methoxy groups -OCH3 is 2. The molecule has 0 aromatic carbocycles. The standard InChI is InChI=1S/C38H69NO14/c1-18-16-37(9,48-14)32(53-35-28(42)25(39(11)12)15-19(2)49-35)21(4)29(51-26-17-36(8,47-13)31(44)24(7)50-26)22(5)34(45)52-33(23(6)40)38(10,46)30(43)20(3)27(18)41/h18-26,28-33,35,40,42-44,46H,15-17H2,1-14H3/t18-,19-,20+,21-,22-,23?,24+,25+,26+,28-,29+,30+,31+,32-,33-,35+,36-,37-,38+/m1/s1. The van der Waals surface area contributed by atoms with Crippen LogP contribution in [0.15, 0.2) is 0 Å². The Bertz CT molecular complexity index is 1220. The molecule has 53 heavy (non-hydrogen) atoms. The lowest BCUT2D eigenvalue weighted by atomic mass is 9.73. The highest BCUT2D eigenvalue weighted by molar-refractivity contribution is 5.83. The quantitative estimate of drug-likeness (QED) is 0.222. The fraction of sp³-hybridized carbons (Fsp3) is 0.947. The van der Waals surface area contributed by atoms with Crippen LogP contribution in [0.4, 0.5) is 0 Å².